The predicted octanol–water partition coefficient (Wildman–Crippen LogP) is 3.54. The van der Waals surface area contributed by atoms with E-state index in [0.29, 0.717) is 11.5 Å². The van der Waals surface area contributed by atoms with Gasteiger partial charge in [0.05, 0.1) is 16.9 Å². The van der Waals surface area contributed by atoms with Crippen LogP contribution in [0.25, 0.3) is 0 Å². The van der Waals surface area contributed by atoms with Crippen LogP contribution >= 0.6 is 0 Å². The normalized spacial score (nSPS) is 10.5. The predicted molar refractivity (Wildman–Crippen MR) is 81.9 cm³/mol. The fraction of sp³-hybridized carbons (Fsp3) is 0.250. The number of rotatable bonds is 5. The lowest BCUT2D eigenvalue weighted by Crippen LogP contribution is -2.14. The smallest absolute Gasteiger partial charge is 0.257 e. The van der Waals surface area contributed by atoms with E-state index in [2.05, 4.69) is 29.5 Å². The van der Waals surface area contributed by atoms with Gasteiger partial charge in [0.15, 0.2) is 0 Å². The average molecular weight is 287 g/mol. The van der Waals surface area contributed by atoms with Crippen LogP contribution in [-0.4, -0.2) is 17.4 Å². The number of carbonyl (C=O) groups excluding carboxylic acids is 1. The highest BCUT2D eigenvalue weighted by molar-refractivity contribution is 6.04. The van der Waals surface area contributed by atoms with Crippen molar-refractivity contribution in [2.75, 3.05) is 17.2 Å². The van der Waals surface area contributed by atoms with Gasteiger partial charge in [0.2, 0.25) is 0 Å². The summed E-state index contributed by atoms with van der Waals surface area (Å²) in [4.78, 5) is 16.1. The fourth-order valence-electron chi connectivity index (χ4n) is 1.74. The molecular formula is C16H18FN3O. The largest absolute Gasteiger partial charge is 0.384 e. The van der Waals surface area contributed by atoms with Crippen LogP contribution in [-0.2, 0) is 0 Å². The zero-order valence-corrected chi connectivity index (χ0v) is 12.1. The minimum absolute atomic E-state index is 0.156. The van der Waals surface area contributed by atoms with E-state index >= 15 is 0 Å². The monoisotopic (exact) mass is 287 g/mol. The molecule has 0 aliphatic heterocycles. The van der Waals surface area contributed by atoms with Crippen molar-refractivity contribution in [3.8, 4) is 0 Å². The molecule has 0 spiro atoms. The Kier molecular flexibility index (Phi) is 4.87. The molecule has 2 N–H and O–H groups in total. The Bertz CT molecular complexity index is 628. The summed E-state index contributed by atoms with van der Waals surface area (Å²) >= 11 is 0. The van der Waals surface area contributed by atoms with Gasteiger partial charge in [0, 0.05) is 18.9 Å². The number of para-hydroxylation sites is 1. The average Bonchev–Trinajstić information content (AvgIpc) is 2.48. The number of aromatic nitrogens is 1. The van der Waals surface area contributed by atoms with Crippen LogP contribution in [0.2, 0.25) is 0 Å². The molecule has 0 radical (unpaired) electrons. The fourth-order valence-corrected chi connectivity index (χ4v) is 1.74. The molecular weight excluding hydrogens is 269 g/mol. The first-order chi connectivity index (χ1) is 10.1. The van der Waals surface area contributed by atoms with E-state index in [0.717, 1.165) is 12.2 Å². The Balaban J connectivity index is 2.09. The molecule has 2 aromatic rings. The van der Waals surface area contributed by atoms with Gasteiger partial charge >= 0.3 is 0 Å². The Labute approximate surface area is 123 Å². The number of benzene rings is 1. The summed E-state index contributed by atoms with van der Waals surface area (Å²) in [6.07, 6.45) is 3.11. The van der Waals surface area contributed by atoms with Crippen molar-refractivity contribution in [3.05, 3.63) is 54.1 Å². The second-order valence-corrected chi connectivity index (χ2v) is 5.17. The Hall–Kier alpha value is -2.43. The maximum Gasteiger partial charge on any atom is 0.257 e. The van der Waals surface area contributed by atoms with Gasteiger partial charge < -0.3 is 10.6 Å². The molecule has 110 valence electrons. The maximum absolute atomic E-state index is 13.5. The molecule has 0 saturated heterocycles. The number of nitrogens with zero attached hydrogens (tertiary/aromatic N) is 1. The highest BCUT2D eigenvalue weighted by atomic mass is 19.1. The summed E-state index contributed by atoms with van der Waals surface area (Å²) < 4.78 is 13.5. The van der Waals surface area contributed by atoms with E-state index in [9.17, 15) is 9.18 Å². The third-order valence-corrected chi connectivity index (χ3v) is 2.84. The molecule has 21 heavy (non-hydrogen) atoms. The van der Waals surface area contributed by atoms with E-state index in [1.807, 2.05) is 0 Å². The second-order valence-electron chi connectivity index (χ2n) is 5.17. The molecule has 0 atom stereocenters. The molecule has 1 aromatic carbocycles. The zero-order chi connectivity index (χ0) is 15.2. The lowest BCUT2D eigenvalue weighted by Gasteiger charge is -2.10. The first-order valence-electron chi connectivity index (χ1n) is 6.81. The number of hydrogen-bond donors (Lipinski definition) is 2. The van der Waals surface area contributed by atoms with E-state index in [1.54, 1.807) is 24.4 Å². The summed E-state index contributed by atoms with van der Waals surface area (Å²) in [6.45, 7) is 4.98. The lowest BCUT2D eigenvalue weighted by atomic mass is 10.2. The lowest BCUT2D eigenvalue weighted by molar-refractivity contribution is 0.102. The zero-order valence-electron chi connectivity index (χ0n) is 12.1. The molecule has 5 heteroatoms. The van der Waals surface area contributed by atoms with Crippen LogP contribution in [0.4, 0.5) is 15.8 Å². The summed E-state index contributed by atoms with van der Waals surface area (Å²) in [5.74, 6) is -0.366. The van der Waals surface area contributed by atoms with Crippen molar-refractivity contribution in [1.82, 2.24) is 4.98 Å². The molecule has 0 unspecified atom stereocenters. The minimum Gasteiger partial charge on any atom is -0.384 e. The van der Waals surface area contributed by atoms with Gasteiger partial charge in [-0.3, -0.25) is 9.78 Å². The van der Waals surface area contributed by atoms with E-state index in [1.165, 1.54) is 18.3 Å². The van der Waals surface area contributed by atoms with Gasteiger partial charge in [-0.05, 0) is 24.1 Å². The van der Waals surface area contributed by atoms with Gasteiger partial charge in [-0.15, -0.1) is 0 Å². The minimum atomic E-state index is -0.465. The van der Waals surface area contributed by atoms with Crippen LogP contribution in [0.15, 0.2) is 42.7 Å². The molecule has 0 saturated carbocycles. The topological polar surface area (TPSA) is 54.0 Å². The third-order valence-electron chi connectivity index (χ3n) is 2.84. The molecule has 4 nitrogen and oxygen atoms in total. The van der Waals surface area contributed by atoms with Crippen molar-refractivity contribution in [2.45, 2.75) is 13.8 Å². The van der Waals surface area contributed by atoms with E-state index in [-0.39, 0.29) is 11.6 Å². The standard InChI is InChI=1S/C16H18FN3O/c1-11(2)8-19-13-7-12(9-18-10-13)16(21)20-15-6-4-3-5-14(15)17/h3-7,9-11,19H,8H2,1-2H3,(H,20,21). The third kappa shape index (κ3) is 4.27. The SMILES string of the molecule is CC(C)CNc1cncc(C(=O)Nc2ccccc2F)c1. The van der Waals surface area contributed by atoms with Crippen molar-refractivity contribution in [2.24, 2.45) is 5.92 Å². The summed E-state index contributed by atoms with van der Waals surface area (Å²) in [5.41, 5.74) is 1.31. The van der Waals surface area contributed by atoms with Crippen molar-refractivity contribution in [1.29, 1.82) is 0 Å². The Morgan fingerprint density at radius 3 is 2.76 bits per heavy atom. The van der Waals surface area contributed by atoms with E-state index < -0.39 is 5.82 Å². The number of pyridine rings is 1. The molecule has 0 bridgehead atoms. The summed E-state index contributed by atoms with van der Waals surface area (Å²) in [5, 5.41) is 5.73. The molecule has 0 aliphatic carbocycles. The first kappa shape index (κ1) is 15.0. The number of anilines is 2. The van der Waals surface area contributed by atoms with Gasteiger partial charge in [-0.2, -0.15) is 0 Å². The van der Waals surface area contributed by atoms with Crippen LogP contribution < -0.4 is 10.6 Å². The van der Waals surface area contributed by atoms with Gasteiger partial charge in [0.25, 0.3) is 5.91 Å². The number of carbonyl (C=O) groups is 1. The molecule has 1 amide bonds. The van der Waals surface area contributed by atoms with Gasteiger partial charge in [0.1, 0.15) is 5.82 Å². The summed E-state index contributed by atoms with van der Waals surface area (Å²) in [6, 6.07) is 7.75. The van der Waals surface area contributed by atoms with Gasteiger partial charge in [-0.25, -0.2) is 4.39 Å². The molecule has 0 fully saturated rings. The number of hydrogen-bond acceptors (Lipinski definition) is 3. The maximum atomic E-state index is 13.5. The second kappa shape index (κ2) is 6.83. The molecule has 1 aromatic heterocycles. The van der Waals surface area contributed by atoms with Crippen LogP contribution in [0, 0.1) is 11.7 Å². The van der Waals surface area contributed by atoms with Crippen LogP contribution in [0.1, 0.15) is 24.2 Å². The quantitative estimate of drug-likeness (QED) is 0.884. The summed E-state index contributed by atoms with van der Waals surface area (Å²) in [7, 11) is 0. The Morgan fingerprint density at radius 2 is 2.05 bits per heavy atom. The first-order valence-corrected chi connectivity index (χ1v) is 6.81. The van der Waals surface area contributed by atoms with Gasteiger partial charge in [-0.1, -0.05) is 26.0 Å². The van der Waals surface area contributed by atoms with Crippen molar-refractivity contribution in [3.63, 3.8) is 0 Å². The van der Waals surface area contributed by atoms with Crippen molar-refractivity contribution < 1.29 is 9.18 Å². The Morgan fingerprint density at radius 1 is 1.29 bits per heavy atom. The van der Waals surface area contributed by atoms with E-state index in [4.69, 9.17) is 0 Å². The number of amides is 1. The molecule has 2 rings (SSSR count). The molecule has 1 heterocycles. The van der Waals surface area contributed by atoms with Crippen LogP contribution in [0.5, 0.6) is 0 Å². The van der Waals surface area contributed by atoms with Crippen LogP contribution in [0.3, 0.4) is 0 Å². The highest BCUT2D eigenvalue weighted by Gasteiger charge is 2.10. The number of nitrogens with one attached hydrogen (secondary N) is 2. The van der Waals surface area contributed by atoms with Crippen molar-refractivity contribution >= 4 is 17.3 Å². The molecule has 0 aliphatic rings. The highest BCUT2D eigenvalue weighted by Crippen LogP contribution is 2.15. The number of halogens is 1.